The number of alkyl halides is 1. The second-order valence-corrected chi connectivity index (χ2v) is 6.59. The zero-order valence-corrected chi connectivity index (χ0v) is 14.7. The van der Waals surface area contributed by atoms with Crippen molar-refractivity contribution in [3.63, 3.8) is 0 Å². The van der Waals surface area contributed by atoms with Crippen molar-refractivity contribution in [1.29, 1.82) is 0 Å². The highest BCUT2D eigenvalue weighted by atomic mass is 79.9. The molecule has 0 bridgehead atoms. The van der Waals surface area contributed by atoms with E-state index in [0.717, 1.165) is 24.4 Å². The third-order valence-corrected chi connectivity index (χ3v) is 5.19. The number of halogens is 2. The lowest BCUT2D eigenvalue weighted by atomic mass is 10.1. The van der Waals surface area contributed by atoms with E-state index in [1.807, 2.05) is 0 Å². The molecule has 0 aromatic heterocycles. The molecule has 1 atom stereocenters. The van der Waals surface area contributed by atoms with E-state index in [-0.39, 0.29) is 0 Å². The Balaban J connectivity index is 2.18. The fraction of sp³-hybridized carbons (Fsp3) is 0.600. The standard InChI is InChI=1S/C15H21Br2NO/c1-11(12-3-4-12)18(7-8-19-2)14-6-5-13(10-16)15(17)9-14/h5-6,9,11-12H,3-4,7-8,10H2,1-2H3. The Morgan fingerprint density at radius 2 is 2.16 bits per heavy atom. The smallest absolute Gasteiger partial charge is 0.0637 e. The molecule has 19 heavy (non-hydrogen) atoms. The van der Waals surface area contributed by atoms with E-state index < -0.39 is 0 Å². The fourth-order valence-corrected chi connectivity index (χ4v) is 3.79. The van der Waals surface area contributed by atoms with Crippen LogP contribution in [-0.4, -0.2) is 26.3 Å². The summed E-state index contributed by atoms with van der Waals surface area (Å²) in [5.41, 5.74) is 2.57. The molecule has 2 nitrogen and oxygen atoms in total. The maximum atomic E-state index is 5.26. The van der Waals surface area contributed by atoms with Crippen molar-refractivity contribution < 1.29 is 4.74 Å². The predicted octanol–water partition coefficient (Wildman–Crippen LogP) is 4.60. The first-order chi connectivity index (χ1) is 9.17. The van der Waals surface area contributed by atoms with E-state index in [0.29, 0.717) is 6.04 Å². The monoisotopic (exact) mass is 389 g/mol. The van der Waals surface area contributed by atoms with Crippen molar-refractivity contribution in [2.24, 2.45) is 5.92 Å². The van der Waals surface area contributed by atoms with Crippen LogP contribution in [0.15, 0.2) is 22.7 Å². The molecule has 0 aliphatic heterocycles. The first kappa shape index (κ1) is 15.3. The zero-order chi connectivity index (χ0) is 13.8. The van der Waals surface area contributed by atoms with Crippen molar-refractivity contribution in [2.45, 2.75) is 31.1 Å². The van der Waals surface area contributed by atoms with Crippen LogP contribution in [0.3, 0.4) is 0 Å². The fourth-order valence-electron chi connectivity index (χ4n) is 2.41. The summed E-state index contributed by atoms with van der Waals surface area (Å²) in [6.07, 6.45) is 2.73. The molecule has 0 radical (unpaired) electrons. The first-order valence-corrected chi connectivity index (χ1v) is 8.68. The predicted molar refractivity (Wildman–Crippen MR) is 88.2 cm³/mol. The van der Waals surface area contributed by atoms with Crippen molar-refractivity contribution >= 4 is 37.5 Å². The van der Waals surface area contributed by atoms with Gasteiger partial charge in [-0.3, -0.25) is 0 Å². The molecule has 0 amide bonds. The summed E-state index contributed by atoms with van der Waals surface area (Å²) in [7, 11) is 1.77. The number of benzene rings is 1. The zero-order valence-electron chi connectivity index (χ0n) is 11.5. The van der Waals surface area contributed by atoms with Crippen molar-refractivity contribution in [1.82, 2.24) is 0 Å². The Kier molecular flexibility index (Phi) is 5.72. The van der Waals surface area contributed by atoms with Crippen LogP contribution in [0.25, 0.3) is 0 Å². The Bertz CT molecular complexity index is 421. The lowest BCUT2D eigenvalue weighted by Gasteiger charge is -2.31. The van der Waals surface area contributed by atoms with Crippen molar-refractivity contribution in [3.05, 3.63) is 28.2 Å². The number of ether oxygens (including phenoxy) is 1. The van der Waals surface area contributed by atoms with Gasteiger partial charge in [-0.15, -0.1) is 0 Å². The van der Waals surface area contributed by atoms with E-state index in [2.05, 4.69) is 61.9 Å². The molecule has 2 rings (SSSR count). The Hall–Kier alpha value is -0.0600. The van der Waals surface area contributed by atoms with Gasteiger partial charge in [0.2, 0.25) is 0 Å². The van der Waals surface area contributed by atoms with Gasteiger partial charge in [0, 0.05) is 35.2 Å². The van der Waals surface area contributed by atoms with Crippen LogP contribution in [-0.2, 0) is 10.1 Å². The average molecular weight is 391 g/mol. The van der Waals surface area contributed by atoms with Gasteiger partial charge in [-0.05, 0) is 43.4 Å². The molecule has 1 aromatic carbocycles. The third-order valence-electron chi connectivity index (χ3n) is 3.84. The lowest BCUT2D eigenvalue weighted by molar-refractivity contribution is 0.202. The molecule has 0 spiro atoms. The van der Waals surface area contributed by atoms with Crippen LogP contribution in [0.1, 0.15) is 25.3 Å². The van der Waals surface area contributed by atoms with Crippen LogP contribution in [0.5, 0.6) is 0 Å². The molecule has 0 N–H and O–H groups in total. The van der Waals surface area contributed by atoms with Gasteiger partial charge in [-0.1, -0.05) is 37.9 Å². The Labute approximate surface area is 132 Å². The maximum Gasteiger partial charge on any atom is 0.0637 e. The first-order valence-electron chi connectivity index (χ1n) is 6.77. The Morgan fingerprint density at radius 3 is 2.68 bits per heavy atom. The quantitative estimate of drug-likeness (QED) is 0.631. The summed E-state index contributed by atoms with van der Waals surface area (Å²) in [4.78, 5) is 2.48. The molecule has 0 heterocycles. The van der Waals surface area contributed by atoms with Crippen LogP contribution in [0, 0.1) is 5.92 Å². The molecule has 106 valence electrons. The molecule has 1 aliphatic carbocycles. The summed E-state index contributed by atoms with van der Waals surface area (Å²) in [5, 5.41) is 0.879. The van der Waals surface area contributed by atoms with Crippen LogP contribution >= 0.6 is 31.9 Å². The van der Waals surface area contributed by atoms with E-state index >= 15 is 0 Å². The van der Waals surface area contributed by atoms with Gasteiger partial charge in [0.15, 0.2) is 0 Å². The summed E-state index contributed by atoms with van der Waals surface area (Å²) >= 11 is 7.17. The molecule has 0 saturated heterocycles. The number of methoxy groups -OCH3 is 1. The van der Waals surface area contributed by atoms with Gasteiger partial charge in [0.1, 0.15) is 0 Å². The molecule has 1 aliphatic rings. The van der Waals surface area contributed by atoms with Gasteiger partial charge in [0.25, 0.3) is 0 Å². The largest absolute Gasteiger partial charge is 0.383 e. The van der Waals surface area contributed by atoms with E-state index in [4.69, 9.17) is 4.74 Å². The number of rotatable bonds is 7. The Morgan fingerprint density at radius 1 is 1.42 bits per heavy atom. The number of anilines is 1. The highest BCUT2D eigenvalue weighted by molar-refractivity contribution is 9.10. The van der Waals surface area contributed by atoms with Gasteiger partial charge in [-0.2, -0.15) is 0 Å². The average Bonchev–Trinajstić information content (AvgIpc) is 3.23. The summed E-state index contributed by atoms with van der Waals surface area (Å²) in [6.45, 7) is 4.06. The lowest BCUT2D eigenvalue weighted by Crippen LogP contribution is -2.37. The van der Waals surface area contributed by atoms with E-state index in [9.17, 15) is 0 Å². The van der Waals surface area contributed by atoms with Crippen molar-refractivity contribution in [3.8, 4) is 0 Å². The molecule has 1 unspecified atom stereocenters. The SMILES string of the molecule is COCCN(c1ccc(CBr)c(Br)c1)C(C)C1CC1. The molecule has 4 heteroatoms. The molecular weight excluding hydrogens is 370 g/mol. The summed E-state index contributed by atoms with van der Waals surface area (Å²) in [6, 6.07) is 7.23. The van der Waals surface area contributed by atoms with Crippen LogP contribution in [0.4, 0.5) is 5.69 Å². The van der Waals surface area contributed by atoms with E-state index in [1.165, 1.54) is 28.6 Å². The summed E-state index contributed by atoms with van der Waals surface area (Å²) in [5.74, 6) is 0.853. The van der Waals surface area contributed by atoms with Gasteiger partial charge >= 0.3 is 0 Å². The molecular formula is C15H21Br2NO. The molecule has 1 aromatic rings. The van der Waals surface area contributed by atoms with Gasteiger partial charge < -0.3 is 9.64 Å². The topological polar surface area (TPSA) is 12.5 Å². The minimum Gasteiger partial charge on any atom is -0.383 e. The number of hydrogen-bond donors (Lipinski definition) is 0. The number of hydrogen-bond acceptors (Lipinski definition) is 2. The maximum absolute atomic E-state index is 5.26. The normalized spacial score (nSPS) is 16.4. The van der Waals surface area contributed by atoms with Crippen LogP contribution < -0.4 is 4.90 Å². The molecule has 1 fully saturated rings. The minimum atomic E-state index is 0.594. The van der Waals surface area contributed by atoms with E-state index in [1.54, 1.807) is 7.11 Å². The van der Waals surface area contributed by atoms with Crippen molar-refractivity contribution in [2.75, 3.05) is 25.2 Å². The highest BCUT2D eigenvalue weighted by Gasteiger charge is 2.32. The van der Waals surface area contributed by atoms with Crippen LogP contribution in [0.2, 0.25) is 0 Å². The number of nitrogens with zero attached hydrogens (tertiary/aromatic N) is 1. The van der Waals surface area contributed by atoms with Gasteiger partial charge in [-0.25, -0.2) is 0 Å². The minimum absolute atomic E-state index is 0.594. The highest BCUT2D eigenvalue weighted by Crippen LogP contribution is 2.37. The molecule has 1 saturated carbocycles. The second-order valence-electron chi connectivity index (χ2n) is 5.17. The summed E-state index contributed by atoms with van der Waals surface area (Å²) < 4.78 is 6.43. The van der Waals surface area contributed by atoms with Gasteiger partial charge in [0.05, 0.1) is 6.61 Å². The third kappa shape index (κ3) is 3.96. The second kappa shape index (κ2) is 7.09.